The highest BCUT2D eigenvalue weighted by molar-refractivity contribution is 5.42. The third kappa shape index (κ3) is 2.73. The van der Waals surface area contributed by atoms with E-state index in [2.05, 4.69) is 27.6 Å². The van der Waals surface area contributed by atoms with Crippen LogP contribution in [0.4, 0.5) is 5.69 Å². The van der Waals surface area contributed by atoms with E-state index in [1.165, 1.54) is 0 Å². The van der Waals surface area contributed by atoms with Gasteiger partial charge in [-0.3, -0.25) is 4.40 Å². The summed E-state index contributed by atoms with van der Waals surface area (Å²) in [6.07, 6.45) is 3.96. The minimum atomic E-state index is 0.911. The average molecular weight is 252 g/mol. The van der Waals surface area contributed by atoms with E-state index in [0.717, 1.165) is 36.5 Å². The number of anilines is 1. The highest BCUT2D eigenvalue weighted by Gasteiger charge is 2.03. The number of pyridine rings is 1. The third-order valence-corrected chi connectivity index (χ3v) is 3.06. The largest absolute Gasteiger partial charge is 0.385 e. The van der Waals surface area contributed by atoms with E-state index in [1.54, 1.807) is 0 Å². The molecule has 0 saturated heterocycles. The number of aromatic nitrogens is 3. The van der Waals surface area contributed by atoms with Crippen LogP contribution >= 0.6 is 0 Å². The van der Waals surface area contributed by atoms with Crippen LogP contribution in [0.25, 0.3) is 5.65 Å². The highest BCUT2D eigenvalue weighted by Crippen LogP contribution is 2.07. The summed E-state index contributed by atoms with van der Waals surface area (Å²) < 4.78 is 2.04. The van der Waals surface area contributed by atoms with Crippen molar-refractivity contribution in [1.82, 2.24) is 14.6 Å². The van der Waals surface area contributed by atoms with Crippen molar-refractivity contribution in [3.8, 4) is 0 Å². The predicted molar refractivity (Wildman–Crippen MR) is 76.2 cm³/mol. The fourth-order valence-electron chi connectivity index (χ4n) is 2.10. The molecule has 4 heteroatoms. The maximum atomic E-state index is 4.23. The summed E-state index contributed by atoms with van der Waals surface area (Å²) in [7, 11) is 0. The van der Waals surface area contributed by atoms with Gasteiger partial charge in [0.05, 0.1) is 0 Å². The number of nitrogens with one attached hydrogen (secondary N) is 1. The predicted octanol–water partition coefficient (Wildman–Crippen LogP) is 2.77. The average Bonchev–Trinajstić information content (AvgIpc) is 2.88. The maximum absolute atomic E-state index is 4.23. The molecule has 3 rings (SSSR count). The van der Waals surface area contributed by atoms with Gasteiger partial charge in [0.25, 0.3) is 0 Å². The van der Waals surface area contributed by atoms with Crippen molar-refractivity contribution < 1.29 is 0 Å². The first-order chi connectivity index (χ1) is 9.43. The molecule has 0 amide bonds. The van der Waals surface area contributed by atoms with E-state index in [0.29, 0.717) is 0 Å². The van der Waals surface area contributed by atoms with Gasteiger partial charge in [0.1, 0.15) is 5.82 Å². The summed E-state index contributed by atoms with van der Waals surface area (Å²) in [6.45, 7) is 0.936. The van der Waals surface area contributed by atoms with Gasteiger partial charge in [0.2, 0.25) is 0 Å². The molecule has 2 aromatic heterocycles. The molecule has 1 N–H and O–H groups in total. The monoisotopic (exact) mass is 252 g/mol. The molecule has 0 aliphatic heterocycles. The van der Waals surface area contributed by atoms with E-state index in [9.17, 15) is 0 Å². The lowest BCUT2D eigenvalue weighted by atomic mass is 10.2. The molecule has 0 bridgehead atoms. The van der Waals surface area contributed by atoms with Gasteiger partial charge in [-0.15, -0.1) is 10.2 Å². The van der Waals surface area contributed by atoms with Crippen LogP contribution in [0.5, 0.6) is 0 Å². The van der Waals surface area contributed by atoms with E-state index in [1.807, 2.05) is 47.0 Å². The number of hydrogen-bond donors (Lipinski definition) is 1. The topological polar surface area (TPSA) is 42.2 Å². The van der Waals surface area contributed by atoms with Crippen molar-refractivity contribution in [2.45, 2.75) is 12.8 Å². The summed E-state index contributed by atoms with van der Waals surface area (Å²) in [5, 5.41) is 11.8. The molecule has 0 aliphatic rings. The molecule has 2 heterocycles. The van der Waals surface area contributed by atoms with Crippen molar-refractivity contribution in [2.75, 3.05) is 11.9 Å². The first kappa shape index (κ1) is 11.7. The van der Waals surface area contributed by atoms with Crippen molar-refractivity contribution in [1.29, 1.82) is 0 Å². The third-order valence-electron chi connectivity index (χ3n) is 3.06. The Morgan fingerprint density at radius 3 is 2.68 bits per heavy atom. The SMILES string of the molecule is c1ccc(NCCCc2nnc3ccccn23)cc1. The Bertz CT molecular complexity index is 645. The molecule has 0 unspecified atom stereocenters. The van der Waals surface area contributed by atoms with Gasteiger partial charge < -0.3 is 5.32 Å². The van der Waals surface area contributed by atoms with Crippen LogP contribution in [0.1, 0.15) is 12.2 Å². The fourth-order valence-corrected chi connectivity index (χ4v) is 2.10. The lowest BCUT2D eigenvalue weighted by Crippen LogP contribution is -2.04. The van der Waals surface area contributed by atoms with Gasteiger partial charge in [-0.05, 0) is 30.7 Å². The Balaban J connectivity index is 1.55. The van der Waals surface area contributed by atoms with Crippen molar-refractivity contribution in [3.63, 3.8) is 0 Å². The second kappa shape index (κ2) is 5.52. The van der Waals surface area contributed by atoms with E-state index >= 15 is 0 Å². The lowest BCUT2D eigenvalue weighted by molar-refractivity contribution is 0.788. The van der Waals surface area contributed by atoms with Crippen molar-refractivity contribution >= 4 is 11.3 Å². The molecule has 0 radical (unpaired) electrons. The first-order valence-electron chi connectivity index (χ1n) is 6.51. The lowest BCUT2D eigenvalue weighted by Gasteiger charge is -2.05. The molecule has 0 saturated carbocycles. The van der Waals surface area contributed by atoms with Crippen LogP contribution in [-0.4, -0.2) is 21.1 Å². The van der Waals surface area contributed by atoms with Crippen LogP contribution in [0, 0.1) is 0 Å². The van der Waals surface area contributed by atoms with E-state index < -0.39 is 0 Å². The fraction of sp³-hybridized carbons (Fsp3) is 0.200. The zero-order valence-corrected chi connectivity index (χ0v) is 10.7. The molecule has 1 aromatic carbocycles. The summed E-state index contributed by atoms with van der Waals surface area (Å²) in [6, 6.07) is 16.2. The summed E-state index contributed by atoms with van der Waals surface area (Å²) in [5.74, 6) is 1.02. The highest BCUT2D eigenvalue weighted by atomic mass is 15.2. The molecular formula is C15H16N4. The molecule has 3 aromatic rings. The first-order valence-corrected chi connectivity index (χ1v) is 6.51. The summed E-state index contributed by atoms with van der Waals surface area (Å²) in [4.78, 5) is 0. The zero-order valence-electron chi connectivity index (χ0n) is 10.7. The molecule has 0 aliphatic carbocycles. The van der Waals surface area contributed by atoms with E-state index in [-0.39, 0.29) is 0 Å². The number of aryl methyl sites for hydroxylation is 1. The standard InChI is InChI=1S/C15H16N4/c1-2-7-13(8-3-1)16-11-6-10-15-18-17-14-9-4-5-12-19(14)15/h1-5,7-9,12,16H,6,10-11H2. The Hall–Kier alpha value is -2.36. The molecule has 4 nitrogen and oxygen atoms in total. The normalized spacial score (nSPS) is 10.7. The Labute approximate surface area is 112 Å². The van der Waals surface area contributed by atoms with Crippen LogP contribution < -0.4 is 5.32 Å². The molecule has 0 atom stereocenters. The molecule has 0 spiro atoms. The zero-order chi connectivity index (χ0) is 12.9. The smallest absolute Gasteiger partial charge is 0.160 e. The van der Waals surface area contributed by atoms with Gasteiger partial charge in [-0.2, -0.15) is 0 Å². The number of hydrogen-bond acceptors (Lipinski definition) is 3. The van der Waals surface area contributed by atoms with Crippen LogP contribution in [0.3, 0.4) is 0 Å². The van der Waals surface area contributed by atoms with Crippen LogP contribution in [-0.2, 0) is 6.42 Å². The van der Waals surface area contributed by atoms with Crippen molar-refractivity contribution in [2.24, 2.45) is 0 Å². The number of rotatable bonds is 5. The summed E-state index contributed by atoms with van der Waals surface area (Å²) in [5.41, 5.74) is 2.07. The van der Waals surface area contributed by atoms with E-state index in [4.69, 9.17) is 0 Å². The van der Waals surface area contributed by atoms with Crippen LogP contribution in [0.2, 0.25) is 0 Å². The maximum Gasteiger partial charge on any atom is 0.160 e. The Morgan fingerprint density at radius 1 is 0.947 bits per heavy atom. The molecule has 0 fully saturated rings. The minimum Gasteiger partial charge on any atom is -0.385 e. The molecular weight excluding hydrogens is 236 g/mol. The van der Waals surface area contributed by atoms with Gasteiger partial charge >= 0.3 is 0 Å². The number of benzene rings is 1. The van der Waals surface area contributed by atoms with Gasteiger partial charge in [0.15, 0.2) is 5.65 Å². The molecule has 19 heavy (non-hydrogen) atoms. The number of nitrogens with zero attached hydrogens (tertiary/aromatic N) is 3. The Morgan fingerprint density at radius 2 is 1.79 bits per heavy atom. The van der Waals surface area contributed by atoms with Gasteiger partial charge in [0, 0.05) is 24.8 Å². The second-order valence-corrected chi connectivity index (χ2v) is 4.44. The Kier molecular flexibility index (Phi) is 3.40. The van der Waals surface area contributed by atoms with Gasteiger partial charge in [-0.25, -0.2) is 0 Å². The quantitative estimate of drug-likeness (QED) is 0.710. The van der Waals surface area contributed by atoms with Crippen molar-refractivity contribution in [3.05, 3.63) is 60.6 Å². The minimum absolute atomic E-state index is 0.911. The second-order valence-electron chi connectivity index (χ2n) is 4.44. The van der Waals surface area contributed by atoms with Gasteiger partial charge in [-0.1, -0.05) is 24.3 Å². The molecule has 96 valence electrons. The number of fused-ring (bicyclic) bond motifs is 1. The number of para-hydroxylation sites is 1. The summed E-state index contributed by atoms with van der Waals surface area (Å²) >= 11 is 0. The van der Waals surface area contributed by atoms with Crippen LogP contribution in [0.15, 0.2) is 54.7 Å².